The van der Waals surface area contributed by atoms with Crippen molar-refractivity contribution in [1.29, 1.82) is 0 Å². The van der Waals surface area contributed by atoms with Crippen molar-refractivity contribution >= 4 is 38.9 Å². The number of hydrogen-bond acceptors (Lipinski definition) is 6. The van der Waals surface area contributed by atoms with Gasteiger partial charge in [0.15, 0.2) is 0 Å². The number of sulfonamides is 1. The monoisotopic (exact) mass is 397 g/mol. The normalized spacial score (nSPS) is 11.2. The van der Waals surface area contributed by atoms with Gasteiger partial charge in [0.05, 0.1) is 23.5 Å². The number of carbonyl (C=O) groups excluding carboxylic acids is 1. The topological polar surface area (TPSA) is 117 Å². The number of carbonyl (C=O) groups is 2. The number of aryl methyl sites for hydroxylation is 1. The van der Waals surface area contributed by atoms with Gasteiger partial charge in [0.25, 0.3) is 5.91 Å². The Labute approximate surface area is 155 Å². The summed E-state index contributed by atoms with van der Waals surface area (Å²) >= 11 is 1.42. The van der Waals surface area contributed by atoms with E-state index in [4.69, 9.17) is 0 Å². The van der Waals surface area contributed by atoms with Gasteiger partial charge in [-0.2, -0.15) is 0 Å². The molecule has 26 heavy (non-hydrogen) atoms. The van der Waals surface area contributed by atoms with E-state index in [1.165, 1.54) is 41.4 Å². The van der Waals surface area contributed by atoms with Crippen LogP contribution in [0.3, 0.4) is 0 Å². The first-order chi connectivity index (χ1) is 12.1. The summed E-state index contributed by atoms with van der Waals surface area (Å²) in [6, 6.07) is 3.72. The van der Waals surface area contributed by atoms with E-state index < -0.39 is 21.9 Å². The van der Waals surface area contributed by atoms with Gasteiger partial charge in [-0.25, -0.2) is 18.2 Å². The first-order valence-electron chi connectivity index (χ1n) is 7.66. The van der Waals surface area contributed by atoms with Crippen LogP contribution >= 0.6 is 11.3 Å². The highest BCUT2D eigenvalue weighted by Gasteiger charge is 2.18. The molecule has 1 heterocycles. The Morgan fingerprint density at radius 3 is 2.46 bits per heavy atom. The molecule has 0 spiro atoms. The summed E-state index contributed by atoms with van der Waals surface area (Å²) in [5, 5.41) is 11.9. The zero-order chi connectivity index (χ0) is 19.5. The second-order valence-corrected chi connectivity index (χ2v) is 8.61. The molecule has 0 fully saturated rings. The van der Waals surface area contributed by atoms with Crippen LogP contribution in [0.4, 0.5) is 5.69 Å². The third kappa shape index (κ3) is 5.02. The van der Waals surface area contributed by atoms with Gasteiger partial charge in [-0.05, 0) is 32.0 Å². The minimum absolute atomic E-state index is 0.0357. The minimum atomic E-state index is -3.60. The van der Waals surface area contributed by atoms with Crippen LogP contribution in [0.25, 0.3) is 0 Å². The largest absolute Gasteiger partial charge is 0.478 e. The highest BCUT2D eigenvalue weighted by Crippen LogP contribution is 2.19. The molecule has 10 heteroatoms. The van der Waals surface area contributed by atoms with Crippen molar-refractivity contribution in [2.45, 2.75) is 20.4 Å². The molecule has 0 saturated carbocycles. The zero-order valence-electron chi connectivity index (χ0n) is 14.5. The van der Waals surface area contributed by atoms with Crippen molar-refractivity contribution in [1.82, 2.24) is 9.88 Å². The van der Waals surface area contributed by atoms with E-state index in [9.17, 15) is 23.1 Å². The Morgan fingerprint density at radius 1 is 1.27 bits per heavy atom. The lowest BCUT2D eigenvalue weighted by atomic mass is 10.1. The van der Waals surface area contributed by atoms with E-state index in [-0.39, 0.29) is 29.1 Å². The molecule has 1 aromatic carbocycles. The first kappa shape index (κ1) is 19.9. The van der Waals surface area contributed by atoms with E-state index in [1.54, 1.807) is 7.05 Å². The molecule has 0 unspecified atom stereocenters. The summed E-state index contributed by atoms with van der Waals surface area (Å²) in [4.78, 5) is 29.7. The molecule has 0 bridgehead atoms. The number of nitrogens with one attached hydrogen (secondary N) is 1. The number of nitrogens with zero attached hydrogens (tertiary/aromatic N) is 2. The van der Waals surface area contributed by atoms with Crippen LogP contribution in [0, 0.1) is 6.92 Å². The standard InChI is InChI=1S/C16H19N3O5S2/c1-4-26(23,24)18-13-6-11(5-12(7-13)16(21)22)15(20)19(3)8-14-17-10(2)9-25-14/h5-7,9,18H,4,8H2,1-3H3,(H,21,22). The van der Waals surface area contributed by atoms with Crippen LogP contribution in [0.5, 0.6) is 0 Å². The van der Waals surface area contributed by atoms with Gasteiger partial charge in [0.1, 0.15) is 5.01 Å². The van der Waals surface area contributed by atoms with Crippen molar-refractivity contribution < 1.29 is 23.1 Å². The van der Waals surface area contributed by atoms with E-state index in [1.807, 2.05) is 12.3 Å². The fourth-order valence-corrected chi connectivity index (χ4v) is 3.60. The molecule has 2 rings (SSSR count). The molecule has 0 saturated heterocycles. The van der Waals surface area contributed by atoms with Crippen LogP contribution in [0.1, 0.15) is 38.3 Å². The summed E-state index contributed by atoms with van der Waals surface area (Å²) in [7, 11) is -2.03. The lowest BCUT2D eigenvalue weighted by molar-refractivity contribution is 0.0697. The molecular weight excluding hydrogens is 378 g/mol. The predicted molar refractivity (Wildman–Crippen MR) is 99.1 cm³/mol. The lowest BCUT2D eigenvalue weighted by Crippen LogP contribution is -2.26. The van der Waals surface area contributed by atoms with Gasteiger partial charge >= 0.3 is 5.97 Å². The molecule has 0 aliphatic rings. The molecular formula is C16H19N3O5S2. The number of carboxylic acid groups (broad SMARTS) is 1. The Hall–Kier alpha value is -2.46. The average molecular weight is 397 g/mol. The van der Waals surface area contributed by atoms with E-state index in [0.29, 0.717) is 0 Å². The Morgan fingerprint density at radius 2 is 1.92 bits per heavy atom. The number of anilines is 1. The second kappa shape index (κ2) is 7.83. The lowest BCUT2D eigenvalue weighted by Gasteiger charge is -2.17. The summed E-state index contributed by atoms with van der Waals surface area (Å²) in [6.07, 6.45) is 0. The van der Waals surface area contributed by atoms with Crippen LogP contribution in [0.2, 0.25) is 0 Å². The zero-order valence-corrected chi connectivity index (χ0v) is 16.1. The maximum Gasteiger partial charge on any atom is 0.335 e. The molecule has 1 aromatic heterocycles. The van der Waals surface area contributed by atoms with E-state index in [0.717, 1.165) is 10.7 Å². The van der Waals surface area contributed by atoms with Gasteiger partial charge in [-0.15, -0.1) is 11.3 Å². The van der Waals surface area contributed by atoms with Gasteiger partial charge in [0, 0.05) is 23.7 Å². The highest BCUT2D eigenvalue weighted by molar-refractivity contribution is 7.92. The third-order valence-corrected chi connectivity index (χ3v) is 5.72. The number of benzene rings is 1. The summed E-state index contributed by atoms with van der Waals surface area (Å²) in [6.45, 7) is 3.58. The second-order valence-electron chi connectivity index (χ2n) is 5.65. The van der Waals surface area contributed by atoms with Gasteiger partial charge in [-0.1, -0.05) is 0 Å². The number of aromatic carboxylic acids is 1. The van der Waals surface area contributed by atoms with Crippen molar-refractivity contribution in [2.75, 3.05) is 17.5 Å². The molecule has 0 atom stereocenters. The molecule has 0 radical (unpaired) electrons. The molecule has 2 aromatic rings. The maximum atomic E-state index is 12.7. The van der Waals surface area contributed by atoms with Crippen LogP contribution in [-0.4, -0.2) is 48.1 Å². The fourth-order valence-electron chi connectivity index (χ4n) is 2.16. The summed E-state index contributed by atoms with van der Waals surface area (Å²) < 4.78 is 25.8. The Kier molecular flexibility index (Phi) is 5.98. The minimum Gasteiger partial charge on any atom is -0.478 e. The summed E-state index contributed by atoms with van der Waals surface area (Å²) in [5.74, 6) is -1.86. The molecule has 2 N–H and O–H groups in total. The van der Waals surface area contributed by atoms with Crippen molar-refractivity contribution in [2.24, 2.45) is 0 Å². The number of hydrogen-bond donors (Lipinski definition) is 2. The van der Waals surface area contributed by atoms with Crippen molar-refractivity contribution in [3.63, 3.8) is 0 Å². The van der Waals surface area contributed by atoms with Gasteiger partial charge in [0.2, 0.25) is 10.0 Å². The van der Waals surface area contributed by atoms with Gasteiger partial charge in [-0.3, -0.25) is 9.52 Å². The molecule has 0 aliphatic heterocycles. The average Bonchev–Trinajstić information content (AvgIpc) is 2.98. The van der Waals surface area contributed by atoms with E-state index in [2.05, 4.69) is 9.71 Å². The quantitative estimate of drug-likeness (QED) is 0.740. The molecule has 8 nitrogen and oxygen atoms in total. The fraction of sp³-hybridized carbons (Fsp3) is 0.312. The predicted octanol–water partition coefficient (Wildman–Crippen LogP) is 2.18. The van der Waals surface area contributed by atoms with Crippen molar-refractivity contribution in [3.05, 3.63) is 45.4 Å². The number of carboxylic acids is 1. The van der Waals surface area contributed by atoms with Crippen LogP contribution in [-0.2, 0) is 16.6 Å². The number of thiazole rings is 1. The number of amides is 1. The molecule has 1 amide bonds. The SMILES string of the molecule is CCS(=O)(=O)Nc1cc(C(=O)O)cc(C(=O)N(C)Cc2nc(C)cs2)c1. The van der Waals surface area contributed by atoms with Crippen LogP contribution in [0.15, 0.2) is 23.6 Å². The summed E-state index contributed by atoms with van der Waals surface area (Å²) in [5.41, 5.74) is 0.793. The van der Waals surface area contributed by atoms with Gasteiger partial charge < -0.3 is 10.0 Å². The first-order valence-corrected chi connectivity index (χ1v) is 10.2. The maximum absolute atomic E-state index is 12.7. The number of aromatic nitrogens is 1. The Balaban J connectivity index is 2.32. The smallest absolute Gasteiger partial charge is 0.335 e. The van der Waals surface area contributed by atoms with E-state index >= 15 is 0 Å². The highest BCUT2D eigenvalue weighted by atomic mass is 32.2. The Bertz CT molecular complexity index is 937. The number of rotatable bonds is 7. The molecule has 0 aliphatic carbocycles. The van der Waals surface area contributed by atoms with Crippen molar-refractivity contribution in [3.8, 4) is 0 Å². The molecule has 140 valence electrons. The van der Waals surface area contributed by atoms with Crippen LogP contribution < -0.4 is 4.72 Å². The third-order valence-electron chi connectivity index (χ3n) is 3.47.